The van der Waals surface area contributed by atoms with Crippen molar-refractivity contribution in [3.8, 4) is 0 Å². The first-order chi connectivity index (χ1) is 21.8. The molecule has 0 radical (unpaired) electrons. The van der Waals surface area contributed by atoms with Gasteiger partial charge in [0.15, 0.2) is 12.3 Å². The van der Waals surface area contributed by atoms with E-state index in [2.05, 4.69) is 112 Å². The molecule has 5 heterocycles. The van der Waals surface area contributed by atoms with Crippen LogP contribution < -0.4 is 4.90 Å². The standard InChI is InChI=1S/C41H49N2O2/c1-7-40(8-2)31-17-15-26(20-22-44)23-33(31)43-25-39(5,6)38-30(37(40)43)24-29-34(45-38)19-21-42-32-18-16-27-13-11-12-14-28(27)35(32)41(9-3,10-4)36(29)42/h11-18,23-24,34,38,44H,7-10,19-22,25H2,1-6H3/q+1. The third-order valence-corrected chi connectivity index (χ3v) is 12.5. The molecule has 1 N–H and O–H groups in total. The highest BCUT2D eigenvalue weighted by atomic mass is 16.5. The number of hydrogen-bond acceptors (Lipinski definition) is 3. The molecule has 0 bridgehead atoms. The molecule has 0 amide bonds. The molecule has 2 unspecified atom stereocenters. The van der Waals surface area contributed by atoms with Gasteiger partial charge in [-0.15, -0.1) is 0 Å². The summed E-state index contributed by atoms with van der Waals surface area (Å²) in [4.78, 5) is 2.66. The summed E-state index contributed by atoms with van der Waals surface area (Å²) in [7, 11) is 0. The molecule has 4 heteroatoms. The third-order valence-electron chi connectivity index (χ3n) is 12.5. The lowest BCUT2D eigenvalue weighted by atomic mass is 9.65. The fraction of sp³-hybridized carbons (Fsp3) is 0.488. The highest BCUT2D eigenvalue weighted by molar-refractivity contribution is 6.12. The average molecular weight is 602 g/mol. The van der Waals surface area contributed by atoms with Crippen molar-refractivity contribution in [3.05, 3.63) is 94.2 Å². The Labute approximate surface area is 269 Å². The van der Waals surface area contributed by atoms with Gasteiger partial charge in [0.25, 0.3) is 0 Å². The minimum absolute atomic E-state index is 0.0452. The Hall–Kier alpha value is -3.21. The van der Waals surface area contributed by atoms with Crippen LogP contribution in [0.3, 0.4) is 0 Å². The number of allylic oxidation sites excluding steroid dienone is 1. The lowest BCUT2D eigenvalue weighted by molar-refractivity contribution is -0.445. The molecular weight excluding hydrogens is 552 g/mol. The molecule has 5 aliphatic rings. The van der Waals surface area contributed by atoms with E-state index in [9.17, 15) is 5.11 Å². The number of benzene rings is 3. The molecule has 4 nitrogen and oxygen atoms in total. The van der Waals surface area contributed by atoms with Gasteiger partial charge in [0.05, 0.1) is 17.6 Å². The van der Waals surface area contributed by atoms with Crippen LogP contribution in [0, 0.1) is 5.41 Å². The molecule has 0 saturated heterocycles. The number of aliphatic hydroxyl groups excluding tert-OH is 1. The predicted molar refractivity (Wildman–Crippen MR) is 185 cm³/mol. The maximum Gasteiger partial charge on any atom is 0.210 e. The van der Waals surface area contributed by atoms with Crippen LogP contribution in [-0.4, -0.2) is 47.3 Å². The van der Waals surface area contributed by atoms with Gasteiger partial charge in [-0.05, 0) is 72.2 Å². The van der Waals surface area contributed by atoms with Crippen LogP contribution in [0.2, 0.25) is 0 Å². The van der Waals surface area contributed by atoms with E-state index >= 15 is 0 Å². The van der Waals surface area contributed by atoms with Gasteiger partial charge >= 0.3 is 0 Å². The minimum Gasteiger partial charge on any atom is -0.396 e. The zero-order valence-electron chi connectivity index (χ0n) is 28.0. The number of hydrogen-bond donors (Lipinski definition) is 1. The number of ether oxygens (including phenoxy) is 1. The van der Waals surface area contributed by atoms with E-state index in [1.54, 1.807) is 0 Å². The summed E-state index contributed by atoms with van der Waals surface area (Å²) in [5.41, 5.74) is 12.6. The normalized spacial score (nSPS) is 25.0. The van der Waals surface area contributed by atoms with Crippen molar-refractivity contribution in [2.75, 3.05) is 24.6 Å². The van der Waals surface area contributed by atoms with Crippen LogP contribution in [0.5, 0.6) is 0 Å². The van der Waals surface area contributed by atoms with Crippen molar-refractivity contribution in [1.29, 1.82) is 0 Å². The van der Waals surface area contributed by atoms with E-state index in [1.807, 2.05) is 0 Å². The third kappa shape index (κ3) is 3.70. The Morgan fingerprint density at radius 3 is 2.42 bits per heavy atom. The Kier molecular flexibility index (Phi) is 6.58. The van der Waals surface area contributed by atoms with Gasteiger partial charge in [-0.2, -0.15) is 4.58 Å². The van der Waals surface area contributed by atoms with Crippen LogP contribution in [-0.2, 0) is 22.0 Å². The van der Waals surface area contributed by atoms with Crippen molar-refractivity contribution in [2.24, 2.45) is 5.41 Å². The second kappa shape index (κ2) is 10.1. The summed E-state index contributed by atoms with van der Waals surface area (Å²) < 4.78 is 10.1. The van der Waals surface area contributed by atoms with Gasteiger partial charge in [0.1, 0.15) is 0 Å². The Morgan fingerprint density at radius 1 is 0.933 bits per heavy atom. The van der Waals surface area contributed by atoms with E-state index in [-0.39, 0.29) is 35.1 Å². The topological polar surface area (TPSA) is 35.7 Å². The molecule has 0 fully saturated rings. The second-order valence-corrected chi connectivity index (χ2v) is 14.9. The molecule has 3 aromatic rings. The van der Waals surface area contributed by atoms with E-state index in [4.69, 9.17) is 4.74 Å². The van der Waals surface area contributed by atoms with Gasteiger partial charge in [0, 0.05) is 64.6 Å². The van der Waals surface area contributed by atoms with Gasteiger partial charge in [0.2, 0.25) is 5.69 Å². The molecule has 0 aliphatic carbocycles. The van der Waals surface area contributed by atoms with Crippen molar-refractivity contribution in [2.45, 2.75) is 103 Å². The molecule has 0 saturated carbocycles. The summed E-state index contributed by atoms with van der Waals surface area (Å²) in [6.45, 7) is 16.5. The molecule has 0 aromatic heterocycles. The number of anilines is 1. The summed E-state index contributed by atoms with van der Waals surface area (Å²) in [5, 5.41) is 12.5. The van der Waals surface area contributed by atoms with Gasteiger partial charge in [-0.1, -0.05) is 77.9 Å². The zero-order valence-corrected chi connectivity index (χ0v) is 28.0. The van der Waals surface area contributed by atoms with E-state index in [1.165, 1.54) is 61.4 Å². The summed E-state index contributed by atoms with van der Waals surface area (Å²) in [6, 6.07) is 20.7. The smallest absolute Gasteiger partial charge is 0.210 e. The first-order valence-electron chi connectivity index (χ1n) is 17.6. The number of nitrogens with zero attached hydrogens (tertiary/aromatic N) is 2. The first kappa shape index (κ1) is 29.2. The maximum atomic E-state index is 9.77. The molecular formula is C41H49N2O2+. The van der Waals surface area contributed by atoms with Crippen LogP contribution >= 0.6 is 0 Å². The van der Waals surface area contributed by atoms with E-state index in [0.717, 1.165) is 45.2 Å². The van der Waals surface area contributed by atoms with Crippen molar-refractivity contribution >= 4 is 27.9 Å². The maximum absolute atomic E-state index is 9.77. The Balaban J connectivity index is 1.39. The quantitative estimate of drug-likeness (QED) is 0.288. The molecule has 0 spiro atoms. The van der Waals surface area contributed by atoms with E-state index < -0.39 is 0 Å². The van der Waals surface area contributed by atoms with Crippen molar-refractivity contribution in [1.82, 2.24) is 0 Å². The van der Waals surface area contributed by atoms with Crippen LogP contribution in [0.15, 0.2) is 77.5 Å². The molecule has 2 atom stereocenters. The number of fused-ring (bicyclic) bond motifs is 10. The molecule has 5 aliphatic heterocycles. The lowest BCUT2D eigenvalue weighted by Crippen LogP contribution is -2.55. The van der Waals surface area contributed by atoms with Crippen LogP contribution in [0.4, 0.5) is 11.4 Å². The number of rotatable bonds is 6. The van der Waals surface area contributed by atoms with Crippen molar-refractivity contribution < 1.29 is 14.4 Å². The lowest BCUT2D eigenvalue weighted by Gasteiger charge is -2.50. The number of aliphatic hydroxyl groups is 1. The van der Waals surface area contributed by atoms with Crippen molar-refractivity contribution in [3.63, 3.8) is 0 Å². The molecule has 3 aromatic carbocycles. The summed E-state index contributed by atoms with van der Waals surface area (Å²) in [5.74, 6) is 0. The van der Waals surface area contributed by atoms with Crippen LogP contribution in [0.1, 0.15) is 90.3 Å². The Bertz CT molecular complexity index is 1820. The fourth-order valence-corrected chi connectivity index (χ4v) is 10.3. The summed E-state index contributed by atoms with van der Waals surface area (Å²) in [6.07, 6.45) is 8.78. The van der Waals surface area contributed by atoms with E-state index in [0.29, 0.717) is 6.42 Å². The second-order valence-electron chi connectivity index (χ2n) is 14.9. The average Bonchev–Trinajstić information content (AvgIpc) is 3.51. The zero-order chi connectivity index (χ0) is 31.3. The van der Waals surface area contributed by atoms with Crippen LogP contribution in [0.25, 0.3) is 10.8 Å². The fourth-order valence-electron chi connectivity index (χ4n) is 10.3. The van der Waals surface area contributed by atoms with Gasteiger partial charge < -0.3 is 14.7 Å². The van der Waals surface area contributed by atoms with Gasteiger partial charge in [-0.25, -0.2) is 0 Å². The predicted octanol–water partition coefficient (Wildman–Crippen LogP) is 8.50. The molecule has 45 heavy (non-hydrogen) atoms. The molecule has 8 rings (SSSR count). The molecule has 234 valence electrons. The first-order valence-corrected chi connectivity index (χ1v) is 17.6. The monoisotopic (exact) mass is 601 g/mol. The Morgan fingerprint density at radius 2 is 1.69 bits per heavy atom. The minimum atomic E-state index is -0.0507. The summed E-state index contributed by atoms with van der Waals surface area (Å²) >= 11 is 0. The SMILES string of the molecule is CCC1(CC)C2=C3C=C4C5=[N+](CCC4OC3C(C)(C)CN2c2cc(CCO)ccc21)c1ccc2ccccc2c1C5(CC)CC. The largest absolute Gasteiger partial charge is 0.396 e. The highest BCUT2D eigenvalue weighted by Gasteiger charge is 2.59. The van der Waals surface area contributed by atoms with Gasteiger partial charge in [-0.3, -0.25) is 0 Å². The highest BCUT2D eigenvalue weighted by Crippen LogP contribution is 2.60.